The van der Waals surface area contributed by atoms with E-state index in [0.29, 0.717) is 21.8 Å². The van der Waals surface area contributed by atoms with Gasteiger partial charge in [0.05, 0.1) is 16.9 Å². The first-order valence-electron chi connectivity index (χ1n) is 5.01. The summed E-state index contributed by atoms with van der Waals surface area (Å²) >= 11 is 6.03. The first-order chi connectivity index (χ1) is 7.99. The molecule has 0 aliphatic rings. The Kier molecular flexibility index (Phi) is 2.98. The van der Waals surface area contributed by atoms with Crippen LogP contribution in [0.15, 0.2) is 18.3 Å². The number of aromatic nitrogens is 2. The first-order valence-corrected chi connectivity index (χ1v) is 5.39. The molecule has 0 unspecified atom stereocenters. The number of imidazole rings is 1. The number of nitrogens with one attached hydrogen (secondary N) is 1. The topological polar surface area (TPSA) is 45.8 Å². The second-order valence-electron chi connectivity index (χ2n) is 3.78. The Balaban J connectivity index is 2.52. The van der Waals surface area contributed by atoms with Gasteiger partial charge in [-0.25, -0.2) is 9.37 Å². The monoisotopic (exact) mass is 252 g/mol. The molecule has 1 N–H and O–H groups in total. The van der Waals surface area contributed by atoms with Crippen molar-refractivity contribution < 1.29 is 9.18 Å². The van der Waals surface area contributed by atoms with E-state index < -0.39 is 0 Å². The first kappa shape index (κ1) is 11.8. The lowest BCUT2D eigenvalue weighted by Crippen LogP contribution is -1.94. The fourth-order valence-electron chi connectivity index (χ4n) is 1.49. The van der Waals surface area contributed by atoms with Crippen LogP contribution in [0.3, 0.4) is 0 Å². The highest BCUT2D eigenvalue weighted by Gasteiger charge is 2.12. The lowest BCUT2D eigenvalue weighted by molar-refractivity contribution is 0.100. The van der Waals surface area contributed by atoms with Crippen LogP contribution >= 0.6 is 11.6 Å². The highest BCUT2D eigenvalue weighted by Crippen LogP contribution is 2.29. The molecule has 1 aromatic carbocycles. The van der Waals surface area contributed by atoms with Gasteiger partial charge in [0.1, 0.15) is 5.82 Å². The SMILES string of the molecule is CC(=O)c1ncc(-c2cc(F)c(C)cc2Cl)[nH]1. The molecule has 17 heavy (non-hydrogen) atoms. The Morgan fingerprint density at radius 3 is 2.76 bits per heavy atom. The van der Waals surface area contributed by atoms with E-state index in [4.69, 9.17) is 11.6 Å². The maximum absolute atomic E-state index is 13.5. The van der Waals surface area contributed by atoms with Gasteiger partial charge in [-0.1, -0.05) is 11.6 Å². The number of ketones is 1. The van der Waals surface area contributed by atoms with Gasteiger partial charge < -0.3 is 4.98 Å². The molecule has 0 bridgehead atoms. The number of nitrogens with zero attached hydrogens (tertiary/aromatic N) is 1. The Bertz CT molecular complexity index is 592. The second-order valence-corrected chi connectivity index (χ2v) is 4.19. The quantitative estimate of drug-likeness (QED) is 0.833. The van der Waals surface area contributed by atoms with E-state index in [-0.39, 0.29) is 17.4 Å². The van der Waals surface area contributed by atoms with Crippen LogP contribution in [0.2, 0.25) is 5.02 Å². The van der Waals surface area contributed by atoms with E-state index in [1.165, 1.54) is 19.2 Å². The van der Waals surface area contributed by atoms with Crippen LogP contribution in [0.5, 0.6) is 0 Å². The van der Waals surface area contributed by atoms with Crippen molar-refractivity contribution in [1.29, 1.82) is 0 Å². The van der Waals surface area contributed by atoms with Gasteiger partial charge in [-0.2, -0.15) is 0 Å². The molecule has 0 spiro atoms. The molecule has 0 atom stereocenters. The van der Waals surface area contributed by atoms with Gasteiger partial charge in [0.2, 0.25) is 0 Å². The summed E-state index contributed by atoms with van der Waals surface area (Å²) in [6, 6.07) is 2.87. The van der Waals surface area contributed by atoms with Crippen molar-refractivity contribution >= 4 is 17.4 Å². The van der Waals surface area contributed by atoms with Crippen LogP contribution in [0, 0.1) is 12.7 Å². The highest BCUT2D eigenvalue weighted by atomic mass is 35.5. The van der Waals surface area contributed by atoms with E-state index in [2.05, 4.69) is 9.97 Å². The average molecular weight is 253 g/mol. The molecule has 88 valence electrons. The summed E-state index contributed by atoms with van der Waals surface area (Å²) in [6.45, 7) is 3.04. The molecule has 0 radical (unpaired) electrons. The zero-order valence-electron chi connectivity index (χ0n) is 9.34. The number of hydrogen-bond acceptors (Lipinski definition) is 2. The minimum Gasteiger partial charge on any atom is -0.335 e. The number of aryl methyl sites for hydroxylation is 1. The van der Waals surface area contributed by atoms with Crippen molar-refractivity contribution in [3.63, 3.8) is 0 Å². The summed E-state index contributed by atoms with van der Waals surface area (Å²) in [5.41, 5.74) is 1.50. The van der Waals surface area contributed by atoms with Crippen LogP contribution in [0.25, 0.3) is 11.3 Å². The summed E-state index contributed by atoms with van der Waals surface area (Å²) < 4.78 is 13.5. The third-order valence-electron chi connectivity index (χ3n) is 2.45. The molecule has 0 saturated heterocycles. The molecule has 3 nitrogen and oxygen atoms in total. The highest BCUT2D eigenvalue weighted by molar-refractivity contribution is 6.33. The molecule has 0 amide bonds. The minimum atomic E-state index is -0.344. The summed E-state index contributed by atoms with van der Waals surface area (Å²) in [5.74, 6) is -0.291. The van der Waals surface area contributed by atoms with Crippen LogP contribution in [-0.2, 0) is 0 Å². The predicted molar refractivity (Wildman–Crippen MR) is 63.7 cm³/mol. The number of halogens is 2. The van der Waals surface area contributed by atoms with Gasteiger partial charge in [0.15, 0.2) is 11.6 Å². The summed E-state index contributed by atoms with van der Waals surface area (Å²) in [6.07, 6.45) is 1.46. The molecule has 2 aromatic rings. The third kappa shape index (κ3) is 2.22. The number of aromatic amines is 1. The van der Waals surface area contributed by atoms with Gasteiger partial charge in [-0.05, 0) is 24.6 Å². The molecule has 0 aliphatic carbocycles. The summed E-state index contributed by atoms with van der Waals surface area (Å²) in [5, 5.41) is 0.419. The van der Waals surface area contributed by atoms with Crippen LogP contribution in [0.1, 0.15) is 23.1 Å². The minimum absolute atomic E-state index is 0.181. The lowest BCUT2D eigenvalue weighted by atomic mass is 10.1. The molecular formula is C12H10ClFN2O. The molecule has 5 heteroatoms. The average Bonchev–Trinajstić information content (AvgIpc) is 2.72. The van der Waals surface area contributed by atoms with E-state index in [0.717, 1.165) is 0 Å². The van der Waals surface area contributed by atoms with E-state index >= 15 is 0 Å². The zero-order chi connectivity index (χ0) is 12.6. The Labute approximate surface area is 103 Å². The Morgan fingerprint density at radius 1 is 1.47 bits per heavy atom. The van der Waals surface area contributed by atoms with Gasteiger partial charge in [-0.15, -0.1) is 0 Å². The van der Waals surface area contributed by atoms with Gasteiger partial charge in [0.25, 0.3) is 0 Å². The largest absolute Gasteiger partial charge is 0.335 e. The Hall–Kier alpha value is -1.68. The summed E-state index contributed by atoms with van der Waals surface area (Å²) in [4.78, 5) is 17.8. The summed E-state index contributed by atoms with van der Waals surface area (Å²) in [7, 11) is 0. The lowest BCUT2D eigenvalue weighted by Gasteiger charge is -2.04. The van der Waals surface area contributed by atoms with Crippen molar-refractivity contribution in [1.82, 2.24) is 9.97 Å². The predicted octanol–water partition coefficient (Wildman–Crippen LogP) is 3.38. The fraction of sp³-hybridized carbons (Fsp3) is 0.167. The maximum Gasteiger partial charge on any atom is 0.194 e. The van der Waals surface area contributed by atoms with Crippen molar-refractivity contribution in [3.05, 3.63) is 40.6 Å². The normalized spacial score (nSPS) is 10.6. The number of carbonyl (C=O) groups is 1. The molecule has 1 aromatic heterocycles. The smallest absolute Gasteiger partial charge is 0.194 e. The van der Waals surface area contributed by atoms with Crippen molar-refractivity contribution in [2.45, 2.75) is 13.8 Å². The van der Waals surface area contributed by atoms with Crippen LogP contribution < -0.4 is 0 Å². The van der Waals surface area contributed by atoms with Gasteiger partial charge >= 0.3 is 0 Å². The molecule has 0 saturated carbocycles. The Morgan fingerprint density at radius 2 is 2.18 bits per heavy atom. The van der Waals surface area contributed by atoms with Gasteiger partial charge in [-0.3, -0.25) is 4.79 Å². The number of hydrogen-bond donors (Lipinski definition) is 1. The van der Waals surface area contributed by atoms with Crippen molar-refractivity contribution in [3.8, 4) is 11.3 Å². The molecular weight excluding hydrogens is 243 g/mol. The maximum atomic E-state index is 13.5. The van der Waals surface area contributed by atoms with E-state index in [1.807, 2.05) is 0 Å². The number of carbonyl (C=O) groups excluding carboxylic acids is 1. The van der Waals surface area contributed by atoms with Crippen LogP contribution in [0.4, 0.5) is 4.39 Å². The fourth-order valence-corrected chi connectivity index (χ4v) is 1.81. The van der Waals surface area contributed by atoms with Crippen molar-refractivity contribution in [2.24, 2.45) is 0 Å². The van der Waals surface area contributed by atoms with Gasteiger partial charge in [0, 0.05) is 12.5 Å². The number of Topliss-reactive ketones (excluding diaryl/α,β-unsaturated/α-hetero) is 1. The molecule has 2 rings (SSSR count). The van der Waals surface area contributed by atoms with E-state index in [1.54, 1.807) is 13.0 Å². The third-order valence-corrected chi connectivity index (χ3v) is 2.76. The second kappa shape index (κ2) is 4.30. The zero-order valence-corrected chi connectivity index (χ0v) is 10.1. The molecule has 0 aliphatic heterocycles. The van der Waals surface area contributed by atoms with Crippen LogP contribution in [-0.4, -0.2) is 15.8 Å². The van der Waals surface area contributed by atoms with Crippen molar-refractivity contribution in [2.75, 3.05) is 0 Å². The molecule has 1 heterocycles. The number of rotatable bonds is 2. The number of benzene rings is 1. The van der Waals surface area contributed by atoms with E-state index in [9.17, 15) is 9.18 Å². The molecule has 0 fully saturated rings. The standard InChI is InChI=1S/C12H10ClFN2O/c1-6-3-9(13)8(4-10(6)14)11-5-15-12(16-11)7(2)17/h3-5H,1-2H3,(H,15,16). The number of H-pyrrole nitrogens is 1.